The Balaban J connectivity index is 1.32. The number of benzene rings is 2. The highest BCUT2D eigenvalue weighted by Gasteiger charge is 2.26. The van der Waals surface area contributed by atoms with Gasteiger partial charge < -0.3 is 5.32 Å². The Bertz CT molecular complexity index is 1180. The van der Waals surface area contributed by atoms with E-state index in [0.717, 1.165) is 75.5 Å². The Morgan fingerprint density at radius 2 is 1.69 bits per heavy atom. The van der Waals surface area contributed by atoms with Gasteiger partial charge in [0.2, 0.25) is 0 Å². The van der Waals surface area contributed by atoms with Crippen LogP contribution in [0.3, 0.4) is 0 Å². The SMILES string of the molecule is CC(C)C(NCCCN1Cc2ccccc2C1)c1nc2n(c(=O)c1Cc1ccccc1)CCCC2. The lowest BCUT2D eigenvalue weighted by molar-refractivity contribution is 0.273. The van der Waals surface area contributed by atoms with Gasteiger partial charge in [-0.1, -0.05) is 68.4 Å². The largest absolute Gasteiger partial charge is 0.308 e. The number of nitrogens with zero attached hydrogens (tertiary/aromatic N) is 3. The highest BCUT2D eigenvalue weighted by molar-refractivity contribution is 5.31. The molecule has 1 atom stereocenters. The normalized spacial score (nSPS) is 16.3. The van der Waals surface area contributed by atoms with Crippen molar-refractivity contribution in [1.82, 2.24) is 19.8 Å². The Hall–Kier alpha value is -2.76. The fourth-order valence-electron chi connectivity index (χ4n) is 5.62. The van der Waals surface area contributed by atoms with Crippen molar-refractivity contribution in [2.75, 3.05) is 13.1 Å². The molecule has 184 valence electrons. The molecule has 0 saturated carbocycles. The summed E-state index contributed by atoms with van der Waals surface area (Å²) < 4.78 is 1.94. The second-order valence-corrected chi connectivity index (χ2v) is 10.5. The number of aryl methyl sites for hydroxylation is 1. The van der Waals surface area contributed by atoms with Crippen LogP contribution in [-0.4, -0.2) is 27.5 Å². The first-order chi connectivity index (χ1) is 17.1. The Kier molecular flexibility index (Phi) is 7.45. The van der Waals surface area contributed by atoms with Gasteiger partial charge in [-0.15, -0.1) is 0 Å². The molecule has 5 nitrogen and oxygen atoms in total. The molecule has 0 amide bonds. The van der Waals surface area contributed by atoms with Crippen molar-refractivity contribution in [3.63, 3.8) is 0 Å². The van der Waals surface area contributed by atoms with Crippen LogP contribution in [0.5, 0.6) is 0 Å². The van der Waals surface area contributed by atoms with Gasteiger partial charge in [-0.3, -0.25) is 14.3 Å². The Morgan fingerprint density at radius 1 is 0.971 bits per heavy atom. The third kappa shape index (κ3) is 5.41. The van der Waals surface area contributed by atoms with E-state index in [2.05, 4.69) is 60.5 Å². The first-order valence-electron chi connectivity index (χ1n) is 13.3. The summed E-state index contributed by atoms with van der Waals surface area (Å²) in [6, 6.07) is 19.2. The number of rotatable bonds is 9. The van der Waals surface area contributed by atoms with Crippen LogP contribution in [0.4, 0.5) is 0 Å². The van der Waals surface area contributed by atoms with Crippen molar-refractivity contribution in [3.8, 4) is 0 Å². The number of hydrogen-bond acceptors (Lipinski definition) is 4. The summed E-state index contributed by atoms with van der Waals surface area (Å²) in [4.78, 5) is 21.4. The predicted molar refractivity (Wildman–Crippen MR) is 141 cm³/mol. The molecule has 3 aromatic rings. The molecule has 0 fully saturated rings. The molecule has 0 aliphatic carbocycles. The van der Waals surface area contributed by atoms with E-state index in [-0.39, 0.29) is 11.6 Å². The van der Waals surface area contributed by atoms with Crippen molar-refractivity contribution in [1.29, 1.82) is 0 Å². The van der Waals surface area contributed by atoms with Crippen LogP contribution < -0.4 is 10.9 Å². The highest BCUT2D eigenvalue weighted by atomic mass is 16.1. The topological polar surface area (TPSA) is 50.2 Å². The van der Waals surface area contributed by atoms with Crippen LogP contribution >= 0.6 is 0 Å². The van der Waals surface area contributed by atoms with E-state index < -0.39 is 0 Å². The maximum Gasteiger partial charge on any atom is 0.257 e. The van der Waals surface area contributed by atoms with Crippen molar-refractivity contribution >= 4 is 0 Å². The third-order valence-corrected chi connectivity index (χ3v) is 7.51. The van der Waals surface area contributed by atoms with Gasteiger partial charge in [0, 0.05) is 44.6 Å². The summed E-state index contributed by atoms with van der Waals surface area (Å²) in [6.07, 6.45) is 4.79. The zero-order chi connectivity index (χ0) is 24.2. The Morgan fingerprint density at radius 3 is 2.40 bits per heavy atom. The molecule has 2 aromatic carbocycles. The van der Waals surface area contributed by atoms with Gasteiger partial charge in [-0.25, -0.2) is 4.98 Å². The molecule has 1 aromatic heterocycles. The summed E-state index contributed by atoms with van der Waals surface area (Å²) in [7, 11) is 0. The zero-order valence-corrected chi connectivity index (χ0v) is 21.2. The van der Waals surface area contributed by atoms with Crippen molar-refractivity contribution in [3.05, 3.63) is 98.7 Å². The molecule has 1 N–H and O–H groups in total. The molecular formula is C30H38N4O. The molecule has 2 aliphatic rings. The summed E-state index contributed by atoms with van der Waals surface area (Å²) in [6.45, 7) is 9.35. The van der Waals surface area contributed by atoms with Crippen LogP contribution in [0, 0.1) is 5.92 Å². The molecule has 2 aliphatic heterocycles. The minimum Gasteiger partial charge on any atom is -0.308 e. The summed E-state index contributed by atoms with van der Waals surface area (Å²) >= 11 is 0. The minimum absolute atomic E-state index is 0.0741. The van der Waals surface area contributed by atoms with E-state index in [1.807, 2.05) is 22.8 Å². The number of fused-ring (bicyclic) bond motifs is 2. The molecule has 5 heteroatoms. The number of nitrogens with one attached hydrogen (secondary N) is 1. The van der Waals surface area contributed by atoms with E-state index in [0.29, 0.717) is 12.3 Å². The zero-order valence-electron chi connectivity index (χ0n) is 21.2. The fraction of sp³-hybridized carbons (Fsp3) is 0.467. The van der Waals surface area contributed by atoms with E-state index in [1.54, 1.807) is 0 Å². The van der Waals surface area contributed by atoms with Crippen LogP contribution in [-0.2, 0) is 32.5 Å². The number of aromatic nitrogens is 2. The van der Waals surface area contributed by atoms with Gasteiger partial charge in [0.15, 0.2) is 0 Å². The molecule has 0 radical (unpaired) electrons. The van der Waals surface area contributed by atoms with Crippen LogP contribution in [0.1, 0.15) is 72.9 Å². The van der Waals surface area contributed by atoms with Gasteiger partial charge >= 0.3 is 0 Å². The smallest absolute Gasteiger partial charge is 0.257 e. The first-order valence-corrected chi connectivity index (χ1v) is 13.3. The highest BCUT2D eigenvalue weighted by Crippen LogP contribution is 2.26. The molecule has 0 spiro atoms. The van der Waals surface area contributed by atoms with E-state index in [9.17, 15) is 4.79 Å². The molecule has 1 unspecified atom stereocenters. The van der Waals surface area contributed by atoms with E-state index in [1.165, 1.54) is 16.7 Å². The van der Waals surface area contributed by atoms with Gasteiger partial charge in [0.25, 0.3) is 5.56 Å². The maximum absolute atomic E-state index is 13.7. The summed E-state index contributed by atoms with van der Waals surface area (Å²) in [5.74, 6) is 1.31. The van der Waals surface area contributed by atoms with Gasteiger partial charge in [-0.05, 0) is 48.4 Å². The standard InChI is InChI=1S/C30H38N4O/c1-22(2)28(31-16-10-17-33-20-24-13-6-7-14-25(24)21-33)29-26(19-23-11-4-3-5-12-23)30(35)34-18-9-8-15-27(34)32-29/h3-7,11-14,22,28,31H,8-10,15-21H2,1-2H3. The molecule has 0 saturated heterocycles. The van der Waals surface area contributed by atoms with Gasteiger partial charge in [-0.2, -0.15) is 0 Å². The van der Waals surface area contributed by atoms with E-state index >= 15 is 0 Å². The maximum atomic E-state index is 13.7. The molecule has 0 bridgehead atoms. The number of hydrogen-bond donors (Lipinski definition) is 1. The van der Waals surface area contributed by atoms with Gasteiger partial charge in [0.05, 0.1) is 11.7 Å². The van der Waals surface area contributed by atoms with Crippen LogP contribution in [0.2, 0.25) is 0 Å². The summed E-state index contributed by atoms with van der Waals surface area (Å²) in [5.41, 5.74) is 6.09. The minimum atomic E-state index is 0.0741. The second kappa shape index (κ2) is 10.9. The predicted octanol–water partition coefficient (Wildman–Crippen LogP) is 4.86. The molecule has 3 heterocycles. The molecule has 35 heavy (non-hydrogen) atoms. The van der Waals surface area contributed by atoms with Crippen molar-refractivity contribution < 1.29 is 0 Å². The monoisotopic (exact) mass is 470 g/mol. The fourth-order valence-corrected chi connectivity index (χ4v) is 5.62. The van der Waals surface area contributed by atoms with Crippen LogP contribution in [0.15, 0.2) is 59.4 Å². The Labute approximate surface area is 209 Å². The molecular weight excluding hydrogens is 432 g/mol. The third-order valence-electron chi connectivity index (χ3n) is 7.51. The average Bonchev–Trinajstić information content (AvgIpc) is 3.29. The van der Waals surface area contributed by atoms with Crippen molar-refractivity contribution in [2.24, 2.45) is 5.92 Å². The average molecular weight is 471 g/mol. The lowest BCUT2D eigenvalue weighted by atomic mass is 9.93. The lowest BCUT2D eigenvalue weighted by Crippen LogP contribution is -2.37. The van der Waals surface area contributed by atoms with Crippen LogP contribution in [0.25, 0.3) is 0 Å². The quantitative estimate of drug-likeness (QED) is 0.454. The van der Waals surface area contributed by atoms with Crippen molar-refractivity contribution in [2.45, 2.75) is 71.6 Å². The summed E-state index contributed by atoms with van der Waals surface area (Å²) in [5, 5.41) is 3.80. The molecule has 5 rings (SSSR count). The van der Waals surface area contributed by atoms with E-state index in [4.69, 9.17) is 4.98 Å². The van der Waals surface area contributed by atoms with Gasteiger partial charge in [0.1, 0.15) is 5.82 Å². The second-order valence-electron chi connectivity index (χ2n) is 10.5. The lowest BCUT2D eigenvalue weighted by Gasteiger charge is -2.28. The first kappa shape index (κ1) is 24.0.